The number of aromatic nitrogens is 2. The van der Waals surface area contributed by atoms with E-state index in [9.17, 15) is 0 Å². The molecule has 0 aliphatic rings. The van der Waals surface area contributed by atoms with Crippen LogP contribution in [-0.4, -0.2) is 9.97 Å². The average Bonchev–Trinajstić information content (AvgIpc) is 3.28. The van der Waals surface area contributed by atoms with Gasteiger partial charge in [-0.2, -0.15) is 0 Å². The normalized spacial score (nSPS) is 11.6. The Bertz CT molecular complexity index is 1400. The van der Waals surface area contributed by atoms with E-state index in [0.29, 0.717) is 11.8 Å². The van der Waals surface area contributed by atoms with Crippen molar-refractivity contribution in [3.8, 4) is 33.0 Å². The number of hydrogen-bond donors (Lipinski definition) is 0. The second-order valence-electron chi connectivity index (χ2n) is 9.16. The molecule has 0 saturated heterocycles. The summed E-state index contributed by atoms with van der Waals surface area (Å²) in [6, 6.07) is 28.2. The van der Waals surface area contributed by atoms with Crippen LogP contribution in [0.15, 0.2) is 85.1 Å². The van der Waals surface area contributed by atoms with E-state index in [-0.39, 0.29) is 0 Å². The summed E-state index contributed by atoms with van der Waals surface area (Å²) < 4.78 is 1.19. The molecule has 0 fully saturated rings. The minimum Gasteiger partial charge on any atom is -0.256 e. The van der Waals surface area contributed by atoms with E-state index in [2.05, 4.69) is 100 Å². The van der Waals surface area contributed by atoms with Crippen molar-refractivity contribution in [2.24, 2.45) is 0 Å². The maximum absolute atomic E-state index is 5.10. The van der Waals surface area contributed by atoms with Crippen molar-refractivity contribution in [2.45, 2.75) is 39.5 Å². The van der Waals surface area contributed by atoms with Gasteiger partial charge in [0.15, 0.2) is 0 Å². The lowest BCUT2D eigenvalue weighted by Gasteiger charge is -2.11. The Hall–Kier alpha value is -3.30. The minimum atomic E-state index is 0.464. The van der Waals surface area contributed by atoms with Crippen LogP contribution in [0, 0.1) is 0 Å². The standard InChI is InChI=1S/C30H28N2S/c1-19(2)21-10-12-22(13-11-21)26-16-25(27-17-24(20(3)4)14-15-31-27)18-28-29(26)32-30(33-28)23-8-6-5-7-9-23/h5-20H,1-4H3. The third-order valence-corrected chi connectivity index (χ3v) is 7.20. The summed E-state index contributed by atoms with van der Waals surface area (Å²) in [5.41, 5.74) is 9.36. The van der Waals surface area contributed by atoms with Crippen molar-refractivity contribution < 1.29 is 0 Å². The highest BCUT2D eigenvalue weighted by atomic mass is 32.1. The molecule has 2 heterocycles. The average molecular weight is 449 g/mol. The van der Waals surface area contributed by atoms with E-state index in [0.717, 1.165) is 32.9 Å². The molecule has 2 nitrogen and oxygen atoms in total. The zero-order chi connectivity index (χ0) is 22.9. The van der Waals surface area contributed by atoms with Gasteiger partial charge in [0, 0.05) is 22.9 Å². The van der Waals surface area contributed by atoms with Gasteiger partial charge in [0.05, 0.1) is 15.9 Å². The summed E-state index contributed by atoms with van der Waals surface area (Å²) in [4.78, 5) is 9.82. The number of thiazole rings is 1. The molecule has 0 N–H and O–H groups in total. The van der Waals surface area contributed by atoms with Crippen LogP contribution < -0.4 is 0 Å². The van der Waals surface area contributed by atoms with Gasteiger partial charge in [-0.05, 0) is 52.8 Å². The topological polar surface area (TPSA) is 25.8 Å². The highest BCUT2D eigenvalue weighted by molar-refractivity contribution is 7.21. The SMILES string of the molecule is CC(C)c1ccc(-c2cc(-c3cc(C(C)C)ccn3)cc3sc(-c4ccccc4)nc23)cc1. The fourth-order valence-electron chi connectivity index (χ4n) is 4.11. The molecule has 164 valence electrons. The van der Waals surface area contributed by atoms with Crippen molar-refractivity contribution in [2.75, 3.05) is 0 Å². The van der Waals surface area contributed by atoms with Crippen LogP contribution >= 0.6 is 11.3 Å². The van der Waals surface area contributed by atoms with Gasteiger partial charge < -0.3 is 0 Å². The number of fused-ring (bicyclic) bond motifs is 1. The molecule has 5 rings (SSSR count). The summed E-state index contributed by atoms with van der Waals surface area (Å²) in [5.74, 6) is 0.976. The predicted molar refractivity (Wildman–Crippen MR) is 142 cm³/mol. The largest absolute Gasteiger partial charge is 0.256 e. The van der Waals surface area contributed by atoms with Gasteiger partial charge in [0.2, 0.25) is 0 Å². The van der Waals surface area contributed by atoms with Gasteiger partial charge in [-0.25, -0.2) is 4.98 Å². The Kier molecular flexibility index (Phi) is 5.82. The summed E-state index contributed by atoms with van der Waals surface area (Å²) in [6.07, 6.45) is 1.92. The first-order valence-electron chi connectivity index (χ1n) is 11.6. The molecule has 0 atom stereocenters. The lowest BCUT2D eigenvalue weighted by atomic mass is 9.95. The van der Waals surface area contributed by atoms with Crippen molar-refractivity contribution in [1.82, 2.24) is 9.97 Å². The molecule has 33 heavy (non-hydrogen) atoms. The number of nitrogens with zero attached hydrogens (tertiary/aromatic N) is 2. The summed E-state index contributed by atoms with van der Waals surface area (Å²) in [7, 11) is 0. The van der Waals surface area contributed by atoms with E-state index < -0.39 is 0 Å². The number of rotatable bonds is 5. The van der Waals surface area contributed by atoms with E-state index in [1.807, 2.05) is 12.3 Å². The fraction of sp³-hybridized carbons (Fsp3) is 0.200. The quantitative estimate of drug-likeness (QED) is 0.268. The second kappa shape index (κ2) is 8.92. The molecule has 0 bridgehead atoms. The Morgan fingerprint density at radius 1 is 0.667 bits per heavy atom. The first-order chi connectivity index (χ1) is 16.0. The molecular formula is C30H28N2S. The van der Waals surface area contributed by atoms with Gasteiger partial charge in [-0.15, -0.1) is 11.3 Å². The van der Waals surface area contributed by atoms with Crippen LogP contribution in [0.1, 0.15) is 50.7 Å². The van der Waals surface area contributed by atoms with Gasteiger partial charge >= 0.3 is 0 Å². The van der Waals surface area contributed by atoms with Crippen LogP contribution in [0.2, 0.25) is 0 Å². The van der Waals surface area contributed by atoms with Crippen LogP contribution in [0.4, 0.5) is 0 Å². The Morgan fingerprint density at radius 2 is 1.39 bits per heavy atom. The first-order valence-corrected chi connectivity index (χ1v) is 12.4. The molecule has 3 heteroatoms. The molecule has 0 spiro atoms. The third kappa shape index (κ3) is 4.34. The highest BCUT2D eigenvalue weighted by Crippen LogP contribution is 2.39. The van der Waals surface area contributed by atoms with E-state index in [1.165, 1.54) is 21.4 Å². The minimum absolute atomic E-state index is 0.464. The van der Waals surface area contributed by atoms with E-state index in [1.54, 1.807) is 11.3 Å². The van der Waals surface area contributed by atoms with Crippen molar-refractivity contribution in [3.63, 3.8) is 0 Å². The lowest BCUT2D eigenvalue weighted by Crippen LogP contribution is -1.92. The van der Waals surface area contributed by atoms with Crippen molar-refractivity contribution >= 4 is 21.6 Å². The van der Waals surface area contributed by atoms with Crippen LogP contribution in [-0.2, 0) is 0 Å². The summed E-state index contributed by atoms with van der Waals surface area (Å²) in [6.45, 7) is 8.90. The van der Waals surface area contributed by atoms with E-state index in [4.69, 9.17) is 9.97 Å². The van der Waals surface area contributed by atoms with Gasteiger partial charge in [0.25, 0.3) is 0 Å². The third-order valence-electron chi connectivity index (χ3n) is 6.15. The highest BCUT2D eigenvalue weighted by Gasteiger charge is 2.15. The van der Waals surface area contributed by atoms with Crippen LogP contribution in [0.25, 0.3) is 43.2 Å². The molecule has 0 unspecified atom stereocenters. The Labute approximate surface area is 200 Å². The molecule has 2 aromatic heterocycles. The monoisotopic (exact) mass is 448 g/mol. The van der Waals surface area contributed by atoms with E-state index >= 15 is 0 Å². The maximum atomic E-state index is 5.10. The first kappa shape index (κ1) is 21.5. The maximum Gasteiger partial charge on any atom is 0.124 e. The summed E-state index contributed by atoms with van der Waals surface area (Å²) >= 11 is 1.75. The zero-order valence-electron chi connectivity index (χ0n) is 19.5. The van der Waals surface area contributed by atoms with Crippen LogP contribution in [0.3, 0.4) is 0 Å². The van der Waals surface area contributed by atoms with Crippen molar-refractivity contribution in [1.29, 1.82) is 0 Å². The predicted octanol–water partition coefficient (Wildman–Crippen LogP) is 8.94. The molecular weight excluding hydrogens is 420 g/mol. The smallest absolute Gasteiger partial charge is 0.124 e. The fourth-order valence-corrected chi connectivity index (χ4v) is 5.15. The van der Waals surface area contributed by atoms with Gasteiger partial charge in [-0.1, -0.05) is 82.3 Å². The zero-order valence-corrected chi connectivity index (χ0v) is 20.4. The molecule has 0 amide bonds. The van der Waals surface area contributed by atoms with Gasteiger partial charge in [0.1, 0.15) is 5.01 Å². The molecule has 0 saturated carbocycles. The summed E-state index contributed by atoms with van der Waals surface area (Å²) in [5, 5.41) is 1.05. The number of hydrogen-bond acceptors (Lipinski definition) is 3. The molecule has 3 aromatic carbocycles. The van der Waals surface area contributed by atoms with Crippen molar-refractivity contribution in [3.05, 3.63) is 96.2 Å². The van der Waals surface area contributed by atoms with Crippen LogP contribution in [0.5, 0.6) is 0 Å². The number of benzene rings is 3. The molecule has 0 aliphatic carbocycles. The molecule has 0 aliphatic heterocycles. The molecule has 5 aromatic rings. The second-order valence-corrected chi connectivity index (χ2v) is 10.2. The lowest BCUT2D eigenvalue weighted by molar-refractivity contribution is 0.864. The number of pyridine rings is 1. The Balaban J connectivity index is 1.72. The Morgan fingerprint density at radius 3 is 2.09 bits per heavy atom. The molecule has 0 radical (unpaired) electrons. The van der Waals surface area contributed by atoms with Gasteiger partial charge in [-0.3, -0.25) is 4.98 Å².